The highest BCUT2D eigenvalue weighted by Gasteiger charge is 2.32. The van der Waals surface area contributed by atoms with E-state index in [1.54, 1.807) is 30.2 Å². The largest absolute Gasteiger partial charge is 0.462 e. The molecule has 0 saturated carbocycles. The van der Waals surface area contributed by atoms with Crippen LogP contribution < -0.4 is 10.5 Å². The maximum Gasteiger partial charge on any atom is 0.340 e. The molecule has 0 unspecified atom stereocenters. The lowest BCUT2D eigenvalue weighted by atomic mass is 9.98. The van der Waals surface area contributed by atoms with Gasteiger partial charge in [-0.1, -0.05) is 25.1 Å². The van der Waals surface area contributed by atoms with Gasteiger partial charge in [0.2, 0.25) is 0 Å². The molecule has 180 valence electrons. The van der Waals surface area contributed by atoms with Gasteiger partial charge in [0.05, 0.1) is 23.4 Å². The Hall–Kier alpha value is -4.00. The zero-order chi connectivity index (χ0) is 25.3. The predicted molar refractivity (Wildman–Crippen MR) is 137 cm³/mol. The first-order valence-corrected chi connectivity index (χ1v) is 11.8. The van der Waals surface area contributed by atoms with Crippen LogP contribution in [0.3, 0.4) is 0 Å². The topological polar surface area (TPSA) is 81.0 Å². The zero-order valence-corrected chi connectivity index (χ0v) is 20.7. The van der Waals surface area contributed by atoms with Crippen molar-refractivity contribution < 1.29 is 14.3 Å². The third-order valence-electron chi connectivity index (χ3n) is 6.18. The van der Waals surface area contributed by atoms with Gasteiger partial charge in [0.25, 0.3) is 5.56 Å². The summed E-state index contributed by atoms with van der Waals surface area (Å²) in [6.45, 7) is 10.2. The molecule has 7 nitrogen and oxygen atoms in total. The number of ketones is 1. The second-order valence-corrected chi connectivity index (χ2v) is 8.66. The first-order valence-electron chi connectivity index (χ1n) is 11.8. The molecular weight excluding hydrogens is 442 g/mol. The Morgan fingerprint density at radius 3 is 2.51 bits per heavy atom. The molecule has 0 aliphatic carbocycles. The summed E-state index contributed by atoms with van der Waals surface area (Å²) in [6, 6.07) is 9.19. The molecule has 4 rings (SSSR count). The Bertz CT molecular complexity index is 1460. The van der Waals surface area contributed by atoms with Crippen LogP contribution in [0.2, 0.25) is 0 Å². The van der Waals surface area contributed by atoms with Crippen LogP contribution in [-0.2, 0) is 9.53 Å². The van der Waals surface area contributed by atoms with Gasteiger partial charge in [-0.15, -0.1) is 0 Å². The molecule has 0 amide bonds. The van der Waals surface area contributed by atoms with E-state index < -0.39 is 5.97 Å². The summed E-state index contributed by atoms with van der Waals surface area (Å²) >= 11 is 0. The third kappa shape index (κ3) is 4.41. The van der Waals surface area contributed by atoms with Crippen molar-refractivity contribution in [2.45, 2.75) is 41.0 Å². The van der Waals surface area contributed by atoms with Crippen molar-refractivity contribution in [1.29, 1.82) is 0 Å². The van der Waals surface area contributed by atoms with Gasteiger partial charge in [-0.2, -0.15) is 0 Å². The standard InChI is InChI=1S/C28H29N3O4/c1-6-12-30-23(16-24(32)20-11-10-17(3)19(5)14-20)21(28(34)35-7-2)15-22-26(30)29-25-18(4)9-8-13-31(25)27(22)33/h8-11,13-16H,6-7,12H2,1-5H3. The molecule has 1 aliphatic rings. The Labute approximate surface area is 204 Å². The first kappa shape index (κ1) is 24.1. The number of allylic oxidation sites excluding steroid dienone is 1. The van der Waals surface area contributed by atoms with Gasteiger partial charge in [0.1, 0.15) is 11.5 Å². The number of benzene rings is 1. The van der Waals surface area contributed by atoms with E-state index in [0.29, 0.717) is 41.3 Å². The summed E-state index contributed by atoms with van der Waals surface area (Å²) in [4.78, 5) is 46.4. The number of fused-ring (bicyclic) bond motifs is 2. The Balaban J connectivity index is 1.98. The average molecular weight is 472 g/mol. The lowest BCUT2D eigenvalue weighted by molar-refractivity contribution is -0.138. The first-order chi connectivity index (χ1) is 16.8. The van der Waals surface area contributed by atoms with Crippen LogP contribution in [0.25, 0.3) is 11.7 Å². The summed E-state index contributed by atoms with van der Waals surface area (Å²) in [7, 11) is 0. The molecule has 35 heavy (non-hydrogen) atoms. The fraction of sp³-hybridized carbons (Fsp3) is 0.286. The Morgan fingerprint density at radius 1 is 1.06 bits per heavy atom. The molecular formula is C28H29N3O4. The molecule has 0 bridgehead atoms. The molecule has 0 saturated heterocycles. The summed E-state index contributed by atoms with van der Waals surface area (Å²) in [5, 5.41) is 0. The van der Waals surface area contributed by atoms with E-state index in [2.05, 4.69) is 0 Å². The number of aromatic nitrogens is 2. The minimum absolute atomic E-state index is 0.163. The second kappa shape index (κ2) is 9.70. The van der Waals surface area contributed by atoms with Crippen molar-refractivity contribution in [3.8, 4) is 0 Å². The number of rotatable bonds is 6. The maximum absolute atomic E-state index is 13.4. The molecule has 0 radical (unpaired) electrons. The monoisotopic (exact) mass is 471 g/mol. The number of hydrogen-bond donors (Lipinski definition) is 0. The number of aryl methyl sites for hydroxylation is 3. The number of esters is 1. The van der Waals surface area contributed by atoms with Crippen molar-refractivity contribution in [2.75, 3.05) is 18.1 Å². The molecule has 7 heteroatoms. The Kier molecular flexibility index (Phi) is 6.69. The lowest BCUT2D eigenvalue weighted by Crippen LogP contribution is -2.35. The van der Waals surface area contributed by atoms with Crippen molar-refractivity contribution >= 4 is 29.3 Å². The highest BCUT2D eigenvalue weighted by atomic mass is 16.5. The van der Waals surface area contributed by atoms with Gasteiger partial charge in [0, 0.05) is 24.4 Å². The summed E-state index contributed by atoms with van der Waals surface area (Å²) < 4.78 is 6.79. The van der Waals surface area contributed by atoms with Crippen molar-refractivity contribution in [1.82, 2.24) is 9.38 Å². The Morgan fingerprint density at radius 2 is 1.83 bits per heavy atom. The van der Waals surface area contributed by atoms with E-state index >= 15 is 0 Å². The van der Waals surface area contributed by atoms with Gasteiger partial charge >= 0.3 is 5.97 Å². The summed E-state index contributed by atoms with van der Waals surface area (Å²) in [5.41, 5.74) is 4.55. The molecule has 3 heterocycles. The maximum atomic E-state index is 13.4. The van der Waals surface area contributed by atoms with E-state index in [4.69, 9.17) is 9.72 Å². The number of anilines is 1. The van der Waals surface area contributed by atoms with E-state index in [-0.39, 0.29) is 23.5 Å². The van der Waals surface area contributed by atoms with Crippen LogP contribution in [0.5, 0.6) is 0 Å². The van der Waals surface area contributed by atoms with E-state index in [9.17, 15) is 14.4 Å². The summed E-state index contributed by atoms with van der Waals surface area (Å²) in [5.74, 6) is -0.401. The van der Waals surface area contributed by atoms with Gasteiger partial charge in [-0.05, 0) is 69.0 Å². The molecule has 1 aromatic carbocycles. The zero-order valence-electron chi connectivity index (χ0n) is 20.7. The second-order valence-electron chi connectivity index (χ2n) is 8.66. The smallest absolute Gasteiger partial charge is 0.340 e. The van der Waals surface area contributed by atoms with Crippen LogP contribution in [0, 0.1) is 20.8 Å². The highest BCUT2D eigenvalue weighted by molar-refractivity contribution is 6.10. The number of carbonyl (C=O) groups excluding carboxylic acids is 2. The molecule has 0 atom stereocenters. The lowest BCUT2D eigenvalue weighted by Gasteiger charge is -2.32. The van der Waals surface area contributed by atoms with Crippen LogP contribution in [0.1, 0.15) is 52.9 Å². The minimum atomic E-state index is -0.591. The number of nitrogens with zero attached hydrogens (tertiary/aromatic N) is 3. The summed E-state index contributed by atoms with van der Waals surface area (Å²) in [6.07, 6.45) is 5.32. The minimum Gasteiger partial charge on any atom is -0.462 e. The number of carbonyl (C=O) groups is 2. The van der Waals surface area contributed by atoms with E-state index in [0.717, 1.165) is 16.7 Å². The van der Waals surface area contributed by atoms with E-state index in [1.165, 1.54) is 16.6 Å². The molecule has 3 aromatic rings. The predicted octanol–water partition coefficient (Wildman–Crippen LogP) is 4.56. The number of ether oxygens (including phenoxy) is 1. The van der Waals surface area contributed by atoms with Crippen molar-refractivity contribution in [3.05, 3.63) is 92.0 Å². The van der Waals surface area contributed by atoms with Crippen LogP contribution in [-0.4, -0.2) is 34.3 Å². The molecule has 0 fully saturated rings. The van der Waals surface area contributed by atoms with E-state index in [1.807, 2.05) is 45.9 Å². The highest BCUT2D eigenvalue weighted by Crippen LogP contribution is 2.34. The average Bonchev–Trinajstić information content (AvgIpc) is 2.83. The van der Waals surface area contributed by atoms with Crippen LogP contribution in [0.15, 0.2) is 58.7 Å². The van der Waals surface area contributed by atoms with Gasteiger partial charge < -0.3 is 9.64 Å². The number of pyridine rings is 1. The molecule has 1 aliphatic heterocycles. The van der Waals surface area contributed by atoms with Crippen LogP contribution >= 0.6 is 0 Å². The SMILES string of the molecule is CCCN1C(=CC(=O)c2ccc(C)c(C)c2)C(C(=O)OCC)=Cc2c1nc1c(C)cccn1c2=O. The van der Waals surface area contributed by atoms with Gasteiger partial charge in [-0.3, -0.25) is 14.0 Å². The van der Waals surface area contributed by atoms with Crippen LogP contribution in [0.4, 0.5) is 5.82 Å². The van der Waals surface area contributed by atoms with Gasteiger partial charge in [-0.25, -0.2) is 9.78 Å². The normalized spacial score (nSPS) is 14.1. The molecule has 0 N–H and O–H groups in total. The molecule has 0 spiro atoms. The van der Waals surface area contributed by atoms with Crippen molar-refractivity contribution in [3.63, 3.8) is 0 Å². The number of hydrogen-bond acceptors (Lipinski definition) is 6. The van der Waals surface area contributed by atoms with Gasteiger partial charge in [0.15, 0.2) is 5.78 Å². The quantitative estimate of drug-likeness (QED) is 0.298. The van der Waals surface area contributed by atoms with Crippen molar-refractivity contribution in [2.24, 2.45) is 0 Å². The fourth-order valence-electron chi connectivity index (χ4n) is 4.19. The third-order valence-corrected chi connectivity index (χ3v) is 6.18. The fourth-order valence-corrected chi connectivity index (χ4v) is 4.19. The molecule has 2 aromatic heterocycles.